The zero-order chi connectivity index (χ0) is 22.1. The van der Waals surface area contributed by atoms with Crippen LogP contribution >= 0.6 is 0 Å². The van der Waals surface area contributed by atoms with Crippen LogP contribution in [0.4, 0.5) is 17.6 Å². The van der Waals surface area contributed by atoms with E-state index in [9.17, 15) is 17.6 Å². The van der Waals surface area contributed by atoms with Crippen molar-refractivity contribution in [2.24, 2.45) is 0 Å². The average Bonchev–Trinajstić information content (AvgIpc) is 3.11. The molecule has 0 spiro atoms. The first-order valence-corrected chi connectivity index (χ1v) is 9.12. The number of nitrogens with zero attached hydrogens (tertiary/aromatic N) is 2. The van der Waals surface area contributed by atoms with Gasteiger partial charge >= 0.3 is 12.1 Å². The second kappa shape index (κ2) is 11.0. The standard InChI is InChI=1S/C17H22FN3O2.C2HF3O2/c1-22-9-7-21-12-14-6-8-23-16(17(14)20-21)11-19-10-13-2-4-15(18)5-3-13;3-2(4,5)1(6)7/h2-5,12,16,19H,6-11H2,1H3;(H,6,7). The Balaban J connectivity index is 0.000000396. The molecule has 30 heavy (non-hydrogen) atoms. The maximum Gasteiger partial charge on any atom is 0.490 e. The van der Waals surface area contributed by atoms with Crippen LogP contribution in [-0.2, 0) is 33.8 Å². The molecule has 1 aliphatic heterocycles. The average molecular weight is 433 g/mol. The van der Waals surface area contributed by atoms with Gasteiger partial charge in [0.25, 0.3) is 0 Å². The van der Waals surface area contributed by atoms with Crippen molar-refractivity contribution in [3.8, 4) is 0 Å². The van der Waals surface area contributed by atoms with Crippen molar-refractivity contribution in [1.82, 2.24) is 15.1 Å². The highest BCUT2D eigenvalue weighted by Crippen LogP contribution is 2.25. The van der Waals surface area contributed by atoms with E-state index >= 15 is 0 Å². The Morgan fingerprint density at radius 1 is 1.37 bits per heavy atom. The number of methoxy groups -OCH3 is 1. The van der Waals surface area contributed by atoms with Crippen LogP contribution in [0.1, 0.15) is 22.9 Å². The Morgan fingerprint density at radius 2 is 2.03 bits per heavy atom. The highest BCUT2D eigenvalue weighted by Gasteiger charge is 2.38. The number of aromatic nitrogens is 2. The van der Waals surface area contributed by atoms with Crippen LogP contribution < -0.4 is 5.32 Å². The van der Waals surface area contributed by atoms with Gasteiger partial charge in [-0.1, -0.05) is 12.1 Å². The SMILES string of the molecule is COCCn1cc2c(n1)C(CNCc1ccc(F)cc1)OCC2.O=C(O)C(F)(F)F. The molecule has 1 atom stereocenters. The second-order valence-electron chi connectivity index (χ2n) is 6.47. The molecule has 1 aromatic carbocycles. The molecule has 2 aromatic rings. The highest BCUT2D eigenvalue weighted by molar-refractivity contribution is 5.73. The number of halogens is 4. The number of carboxylic acids is 1. The first-order chi connectivity index (χ1) is 14.2. The fraction of sp³-hybridized carbons (Fsp3) is 0.474. The van der Waals surface area contributed by atoms with E-state index in [1.165, 1.54) is 17.7 Å². The maximum absolute atomic E-state index is 12.9. The molecule has 0 saturated heterocycles. The fourth-order valence-electron chi connectivity index (χ4n) is 2.74. The maximum atomic E-state index is 12.9. The third-order valence-electron chi connectivity index (χ3n) is 4.20. The van der Waals surface area contributed by atoms with E-state index in [0.29, 0.717) is 26.3 Å². The quantitative estimate of drug-likeness (QED) is 0.654. The molecule has 0 amide bonds. The van der Waals surface area contributed by atoms with Crippen molar-refractivity contribution in [1.29, 1.82) is 0 Å². The number of alkyl halides is 3. The third-order valence-corrected chi connectivity index (χ3v) is 4.20. The topological polar surface area (TPSA) is 85.6 Å². The van der Waals surface area contributed by atoms with Gasteiger partial charge in [-0.15, -0.1) is 0 Å². The number of rotatable bonds is 7. The van der Waals surface area contributed by atoms with Crippen LogP contribution in [0.2, 0.25) is 0 Å². The Labute approximate surface area is 170 Å². The lowest BCUT2D eigenvalue weighted by molar-refractivity contribution is -0.192. The molecule has 0 aliphatic carbocycles. The molecule has 11 heteroatoms. The van der Waals surface area contributed by atoms with Crippen molar-refractivity contribution in [3.63, 3.8) is 0 Å². The number of ether oxygens (including phenoxy) is 2. The monoisotopic (exact) mass is 433 g/mol. The number of hydrogen-bond donors (Lipinski definition) is 2. The lowest BCUT2D eigenvalue weighted by Gasteiger charge is -2.22. The van der Waals surface area contributed by atoms with Gasteiger partial charge in [0.15, 0.2) is 0 Å². The number of carboxylic acid groups (broad SMARTS) is 1. The summed E-state index contributed by atoms with van der Waals surface area (Å²) in [6, 6.07) is 6.53. The van der Waals surface area contributed by atoms with Crippen molar-refractivity contribution in [2.75, 3.05) is 26.9 Å². The molecular weight excluding hydrogens is 410 g/mol. The van der Waals surface area contributed by atoms with E-state index in [1.807, 2.05) is 4.68 Å². The number of benzene rings is 1. The minimum Gasteiger partial charge on any atom is -0.475 e. The number of fused-ring (bicyclic) bond motifs is 1. The van der Waals surface area contributed by atoms with E-state index in [-0.39, 0.29) is 11.9 Å². The van der Waals surface area contributed by atoms with Crippen molar-refractivity contribution in [3.05, 3.63) is 53.1 Å². The Kier molecular flexibility index (Phi) is 8.75. The lowest BCUT2D eigenvalue weighted by atomic mass is 10.1. The molecule has 2 heterocycles. The normalized spacial score (nSPS) is 15.8. The summed E-state index contributed by atoms with van der Waals surface area (Å²) in [5, 5.41) is 15.1. The van der Waals surface area contributed by atoms with Gasteiger partial charge in [-0.3, -0.25) is 4.68 Å². The third kappa shape index (κ3) is 7.39. The number of carbonyl (C=O) groups is 1. The van der Waals surface area contributed by atoms with E-state index in [4.69, 9.17) is 19.4 Å². The number of aliphatic carboxylic acids is 1. The summed E-state index contributed by atoms with van der Waals surface area (Å²) in [4.78, 5) is 8.90. The summed E-state index contributed by atoms with van der Waals surface area (Å²) in [7, 11) is 1.69. The summed E-state index contributed by atoms with van der Waals surface area (Å²) < 4.78 is 57.5. The fourth-order valence-corrected chi connectivity index (χ4v) is 2.74. The van der Waals surface area contributed by atoms with Crippen LogP contribution in [0.15, 0.2) is 30.5 Å². The molecule has 1 aromatic heterocycles. The Morgan fingerprint density at radius 3 is 2.63 bits per heavy atom. The molecule has 1 unspecified atom stereocenters. The first-order valence-electron chi connectivity index (χ1n) is 9.12. The summed E-state index contributed by atoms with van der Waals surface area (Å²) in [6.45, 7) is 3.48. The van der Waals surface area contributed by atoms with Crippen LogP contribution in [0, 0.1) is 5.82 Å². The highest BCUT2D eigenvalue weighted by atomic mass is 19.4. The van der Waals surface area contributed by atoms with E-state index < -0.39 is 12.1 Å². The largest absolute Gasteiger partial charge is 0.490 e. The van der Waals surface area contributed by atoms with Crippen LogP contribution in [0.5, 0.6) is 0 Å². The molecule has 1 aliphatic rings. The summed E-state index contributed by atoms with van der Waals surface area (Å²) >= 11 is 0. The van der Waals surface area contributed by atoms with Gasteiger partial charge < -0.3 is 19.9 Å². The molecule has 166 valence electrons. The van der Waals surface area contributed by atoms with E-state index in [1.54, 1.807) is 19.2 Å². The minimum atomic E-state index is -5.08. The predicted molar refractivity (Wildman–Crippen MR) is 98.3 cm³/mol. The predicted octanol–water partition coefficient (Wildman–Crippen LogP) is 2.71. The summed E-state index contributed by atoms with van der Waals surface area (Å²) in [5.74, 6) is -2.97. The van der Waals surface area contributed by atoms with Crippen molar-refractivity contribution in [2.45, 2.75) is 31.8 Å². The molecule has 0 fully saturated rings. The smallest absolute Gasteiger partial charge is 0.475 e. The van der Waals surface area contributed by atoms with Gasteiger partial charge in [-0.25, -0.2) is 9.18 Å². The molecule has 0 bridgehead atoms. The lowest BCUT2D eigenvalue weighted by Crippen LogP contribution is -2.27. The number of hydrogen-bond acceptors (Lipinski definition) is 5. The van der Waals surface area contributed by atoms with Gasteiger partial charge in [0.05, 0.1) is 25.5 Å². The van der Waals surface area contributed by atoms with Crippen LogP contribution in [-0.4, -0.2) is 53.9 Å². The Bertz CT molecular complexity index is 809. The van der Waals surface area contributed by atoms with Gasteiger partial charge in [-0.2, -0.15) is 18.3 Å². The zero-order valence-electron chi connectivity index (χ0n) is 16.3. The molecule has 0 radical (unpaired) electrons. The van der Waals surface area contributed by atoms with Gasteiger partial charge in [0.1, 0.15) is 11.9 Å². The number of nitrogens with one attached hydrogen (secondary N) is 1. The van der Waals surface area contributed by atoms with Gasteiger partial charge in [0, 0.05) is 26.4 Å². The molecule has 3 rings (SSSR count). The van der Waals surface area contributed by atoms with Gasteiger partial charge in [-0.05, 0) is 29.7 Å². The van der Waals surface area contributed by atoms with Crippen molar-refractivity contribution < 1.29 is 36.9 Å². The van der Waals surface area contributed by atoms with Crippen molar-refractivity contribution >= 4 is 5.97 Å². The first kappa shape index (κ1) is 23.8. The zero-order valence-corrected chi connectivity index (χ0v) is 16.3. The molecular formula is C19H23F4N3O4. The second-order valence-corrected chi connectivity index (χ2v) is 6.47. The Hall–Kier alpha value is -2.50. The van der Waals surface area contributed by atoms with E-state index in [0.717, 1.165) is 24.2 Å². The van der Waals surface area contributed by atoms with Crippen LogP contribution in [0.25, 0.3) is 0 Å². The van der Waals surface area contributed by atoms with E-state index in [2.05, 4.69) is 16.6 Å². The summed E-state index contributed by atoms with van der Waals surface area (Å²) in [5.41, 5.74) is 3.31. The minimum absolute atomic E-state index is 0.0389. The van der Waals surface area contributed by atoms with Crippen LogP contribution in [0.3, 0.4) is 0 Å². The van der Waals surface area contributed by atoms with Gasteiger partial charge in [0.2, 0.25) is 0 Å². The molecule has 2 N–H and O–H groups in total. The summed E-state index contributed by atoms with van der Waals surface area (Å²) in [6.07, 6.45) is -2.14. The molecule has 7 nitrogen and oxygen atoms in total. The molecule has 0 saturated carbocycles.